The first-order valence-electron chi connectivity index (χ1n) is 9.11. The molecule has 1 aromatic rings. The molecule has 0 bridgehead atoms. The molecule has 1 saturated heterocycles. The second-order valence-corrected chi connectivity index (χ2v) is 6.74. The molecule has 0 saturated carbocycles. The quantitative estimate of drug-likeness (QED) is 0.517. The summed E-state index contributed by atoms with van der Waals surface area (Å²) < 4.78 is 5.06. The Morgan fingerprint density at radius 1 is 0.957 bits per heavy atom. The number of rotatable bonds is 10. The SMILES string of the molecule is C[C@@H]1OC(=O)[C@@H](CCCCCCCCCc2ccccc2)[C@H]1O. The molecule has 0 radical (unpaired) electrons. The van der Waals surface area contributed by atoms with Crippen molar-refractivity contribution in [2.75, 3.05) is 0 Å². The van der Waals surface area contributed by atoms with Crippen molar-refractivity contribution in [1.82, 2.24) is 0 Å². The summed E-state index contributed by atoms with van der Waals surface area (Å²) in [4.78, 5) is 11.6. The minimum atomic E-state index is -0.611. The number of aryl methyl sites for hydroxylation is 1. The summed E-state index contributed by atoms with van der Waals surface area (Å²) in [6.07, 6.45) is 9.48. The van der Waals surface area contributed by atoms with Gasteiger partial charge in [-0.25, -0.2) is 0 Å². The normalized spacial score (nSPS) is 23.9. The van der Waals surface area contributed by atoms with Crippen LogP contribution in [0.3, 0.4) is 0 Å². The number of ether oxygens (including phenoxy) is 1. The van der Waals surface area contributed by atoms with Gasteiger partial charge in [0.15, 0.2) is 0 Å². The Hall–Kier alpha value is -1.35. The summed E-state index contributed by atoms with van der Waals surface area (Å²) >= 11 is 0. The highest BCUT2D eigenvalue weighted by Crippen LogP contribution is 2.26. The van der Waals surface area contributed by atoms with E-state index in [2.05, 4.69) is 30.3 Å². The van der Waals surface area contributed by atoms with Crippen molar-refractivity contribution in [2.45, 2.75) is 76.9 Å². The maximum Gasteiger partial charge on any atom is 0.312 e. The third-order valence-corrected chi connectivity index (χ3v) is 4.82. The van der Waals surface area contributed by atoms with Crippen LogP contribution in [0.2, 0.25) is 0 Å². The van der Waals surface area contributed by atoms with Crippen LogP contribution < -0.4 is 0 Å². The molecular weight excluding hydrogens is 288 g/mol. The summed E-state index contributed by atoms with van der Waals surface area (Å²) in [7, 11) is 0. The van der Waals surface area contributed by atoms with Crippen molar-refractivity contribution in [3.8, 4) is 0 Å². The van der Waals surface area contributed by atoms with Gasteiger partial charge in [-0.1, -0.05) is 68.9 Å². The van der Waals surface area contributed by atoms with Crippen molar-refractivity contribution >= 4 is 5.97 Å². The van der Waals surface area contributed by atoms with Gasteiger partial charge in [0.1, 0.15) is 12.2 Å². The third-order valence-electron chi connectivity index (χ3n) is 4.82. The second-order valence-electron chi connectivity index (χ2n) is 6.74. The zero-order valence-electron chi connectivity index (χ0n) is 14.2. The number of hydrogen-bond acceptors (Lipinski definition) is 3. The van der Waals surface area contributed by atoms with E-state index < -0.39 is 6.10 Å². The Kier molecular flexibility index (Phi) is 7.60. The Morgan fingerprint density at radius 2 is 1.57 bits per heavy atom. The summed E-state index contributed by atoms with van der Waals surface area (Å²) in [5.74, 6) is -0.512. The number of benzene rings is 1. The lowest BCUT2D eigenvalue weighted by Gasteiger charge is -2.11. The monoisotopic (exact) mass is 318 g/mol. The van der Waals surface area contributed by atoms with Crippen LogP contribution in [0.1, 0.15) is 63.9 Å². The average molecular weight is 318 g/mol. The molecule has 1 fully saturated rings. The number of hydrogen-bond donors (Lipinski definition) is 1. The topological polar surface area (TPSA) is 46.5 Å². The molecule has 1 N–H and O–H groups in total. The highest BCUT2D eigenvalue weighted by Gasteiger charge is 2.40. The van der Waals surface area contributed by atoms with E-state index in [9.17, 15) is 9.90 Å². The van der Waals surface area contributed by atoms with Crippen molar-refractivity contribution in [3.05, 3.63) is 35.9 Å². The van der Waals surface area contributed by atoms with Crippen LogP contribution in [0.4, 0.5) is 0 Å². The number of aliphatic hydroxyl groups is 1. The molecule has 3 atom stereocenters. The van der Waals surface area contributed by atoms with Gasteiger partial charge in [-0.2, -0.15) is 0 Å². The van der Waals surface area contributed by atoms with E-state index in [0.29, 0.717) is 0 Å². The number of aliphatic hydroxyl groups excluding tert-OH is 1. The van der Waals surface area contributed by atoms with Crippen molar-refractivity contribution in [2.24, 2.45) is 5.92 Å². The Balaban J connectivity index is 1.43. The highest BCUT2D eigenvalue weighted by atomic mass is 16.6. The Bertz CT molecular complexity index is 457. The standard InChI is InChI=1S/C20H30O3/c1-16-19(21)18(20(22)23-16)15-11-6-4-2-3-5-8-12-17-13-9-7-10-14-17/h7,9-10,13-14,16,18-19,21H,2-6,8,11-12,15H2,1H3/t16-,18-,19-/m0/s1. The number of carbonyl (C=O) groups excluding carboxylic acids is 1. The van der Waals surface area contributed by atoms with Gasteiger partial charge in [-0.15, -0.1) is 0 Å². The predicted molar refractivity (Wildman–Crippen MR) is 92.1 cm³/mol. The number of carbonyl (C=O) groups is 1. The summed E-state index contributed by atoms with van der Waals surface area (Å²) in [5.41, 5.74) is 1.43. The predicted octanol–water partition coefficient (Wildman–Crippen LogP) is 4.27. The lowest BCUT2D eigenvalue weighted by molar-refractivity contribution is -0.143. The molecule has 1 heterocycles. The van der Waals surface area contributed by atoms with Gasteiger partial charge in [-0.3, -0.25) is 4.79 Å². The lowest BCUT2D eigenvalue weighted by atomic mass is 9.95. The molecular formula is C20H30O3. The summed E-state index contributed by atoms with van der Waals surface area (Å²) in [6.45, 7) is 1.76. The molecule has 23 heavy (non-hydrogen) atoms. The van der Waals surface area contributed by atoms with E-state index in [0.717, 1.165) is 19.3 Å². The fraction of sp³-hybridized carbons (Fsp3) is 0.650. The van der Waals surface area contributed by atoms with Gasteiger partial charge in [0.25, 0.3) is 0 Å². The minimum absolute atomic E-state index is 0.217. The van der Waals surface area contributed by atoms with E-state index in [1.54, 1.807) is 6.92 Å². The van der Waals surface area contributed by atoms with E-state index in [1.807, 2.05) is 0 Å². The van der Waals surface area contributed by atoms with E-state index in [1.165, 1.54) is 44.1 Å². The lowest BCUT2D eigenvalue weighted by Crippen LogP contribution is -2.24. The van der Waals surface area contributed by atoms with Gasteiger partial charge >= 0.3 is 5.97 Å². The molecule has 3 nitrogen and oxygen atoms in total. The first-order valence-corrected chi connectivity index (χ1v) is 9.11. The highest BCUT2D eigenvalue weighted by molar-refractivity contribution is 5.75. The molecule has 0 spiro atoms. The first-order chi connectivity index (χ1) is 11.2. The first kappa shape index (κ1) is 18.0. The van der Waals surface area contributed by atoms with Crippen LogP contribution in [0.5, 0.6) is 0 Å². The van der Waals surface area contributed by atoms with Crippen molar-refractivity contribution in [1.29, 1.82) is 0 Å². The molecule has 128 valence electrons. The average Bonchev–Trinajstić information content (AvgIpc) is 2.80. The molecule has 0 aliphatic carbocycles. The van der Waals surface area contributed by atoms with Gasteiger partial charge in [0.05, 0.1) is 5.92 Å². The molecule has 1 aromatic carbocycles. The van der Waals surface area contributed by atoms with Crippen molar-refractivity contribution < 1.29 is 14.6 Å². The third kappa shape index (κ3) is 5.98. The summed E-state index contributed by atoms with van der Waals surface area (Å²) in [6, 6.07) is 10.7. The van der Waals surface area contributed by atoms with Crippen LogP contribution in [0.25, 0.3) is 0 Å². The van der Waals surface area contributed by atoms with Crippen LogP contribution in [-0.4, -0.2) is 23.3 Å². The maximum atomic E-state index is 11.6. The van der Waals surface area contributed by atoms with Crippen LogP contribution in [0, 0.1) is 5.92 Å². The van der Waals surface area contributed by atoms with Crippen molar-refractivity contribution in [3.63, 3.8) is 0 Å². The minimum Gasteiger partial charge on any atom is -0.460 e. The fourth-order valence-electron chi connectivity index (χ4n) is 3.32. The van der Waals surface area contributed by atoms with Crippen LogP contribution >= 0.6 is 0 Å². The Morgan fingerprint density at radius 3 is 2.17 bits per heavy atom. The van der Waals surface area contributed by atoms with E-state index in [-0.39, 0.29) is 18.0 Å². The number of unbranched alkanes of at least 4 members (excludes halogenated alkanes) is 6. The molecule has 2 rings (SSSR count). The zero-order chi connectivity index (χ0) is 16.5. The number of cyclic esters (lactones) is 1. The molecule has 0 amide bonds. The van der Waals surface area contributed by atoms with Gasteiger partial charge in [0.2, 0.25) is 0 Å². The zero-order valence-corrected chi connectivity index (χ0v) is 14.2. The van der Waals surface area contributed by atoms with Gasteiger partial charge < -0.3 is 9.84 Å². The Labute approximate surface area is 140 Å². The van der Waals surface area contributed by atoms with E-state index >= 15 is 0 Å². The largest absolute Gasteiger partial charge is 0.460 e. The smallest absolute Gasteiger partial charge is 0.312 e. The number of esters is 1. The maximum absolute atomic E-state index is 11.6. The van der Waals surface area contributed by atoms with Crippen LogP contribution in [-0.2, 0) is 16.0 Å². The van der Waals surface area contributed by atoms with Crippen LogP contribution in [0.15, 0.2) is 30.3 Å². The summed E-state index contributed by atoms with van der Waals surface area (Å²) in [5, 5.41) is 9.88. The van der Waals surface area contributed by atoms with Gasteiger partial charge in [0, 0.05) is 0 Å². The molecule has 1 aliphatic rings. The fourth-order valence-corrected chi connectivity index (χ4v) is 3.32. The molecule has 0 aromatic heterocycles. The molecule has 1 aliphatic heterocycles. The molecule has 0 unspecified atom stereocenters. The molecule has 3 heteroatoms. The van der Waals surface area contributed by atoms with E-state index in [4.69, 9.17) is 4.74 Å². The van der Waals surface area contributed by atoms with Gasteiger partial charge in [-0.05, 0) is 31.7 Å². The second kappa shape index (κ2) is 9.71.